The predicted molar refractivity (Wildman–Crippen MR) is 81.8 cm³/mol. The zero-order valence-electron chi connectivity index (χ0n) is 11.8. The molecule has 0 aliphatic rings. The third kappa shape index (κ3) is 2.45. The van der Waals surface area contributed by atoms with E-state index in [1.807, 2.05) is 37.3 Å². The van der Waals surface area contributed by atoms with Crippen molar-refractivity contribution in [2.45, 2.75) is 6.92 Å². The normalized spacial score (nSPS) is 10.6. The summed E-state index contributed by atoms with van der Waals surface area (Å²) in [4.78, 5) is 12.4. The van der Waals surface area contributed by atoms with Crippen molar-refractivity contribution >= 4 is 22.5 Å². The second-order valence-electron chi connectivity index (χ2n) is 4.78. The molecule has 21 heavy (non-hydrogen) atoms. The standard InChI is InChI=1S/C16H15N3O2/c1-10-7-8-12-11(9-10)15(19-18-12)16(20)17-13-5-3-4-6-14(13)21-2/h3-9H,1-2H3,(H,17,20)(H,18,19). The number of nitrogens with zero attached hydrogens (tertiary/aromatic N) is 1. The highest BCUT2D eigenvalue weighted by Crippen LogP contribution is 2.25. The highest BCUT2D eigenvalue weighted by molar-refractivity contribution is 6.11. The Morgan fingerprint density at radius 1 is 1.24 bits per heavy atom. The van der Waals surface area contributed by atoms with Gasteiger partial charge in [0.05, 0.1) is 18.3 Å². The Kier molecular flexibility index (Phi) is 3.31. The molecule has 0 saturated carbocycles. The first-order valence-corrected chi connectivity index (χ1v) is 6.58. The molecule has 0 spiro atoms. The van der Waals surface area contributed by atoms with E-state index in [4.69, 9.17) is 4.74 Å². The maximum atomic E-state index is 12.4. The zero-order chi connectivity index (χ0) is 14.8. The number of ether oxygens (including phenoxy) is 1. The van der Waals surface area contributed by atoms with Crippen LogP contribution < -0.4 is 10.1 Å². The number of H-pyrrole nitrogens is 1. The predicted octanol–water partition coefficient (Wildman–Crippen LogP) is 3.13. The molecule has 1 heterocycles. The Bertz CT molecular complexity index is 808. The van der Waals surface area contributed by atoms with Gasteiger partial charge >= 0.3 is 0 Å². The number of rotatable bonds is 3. The van der Waals surface area contributed by atoms with Gasteiger partial charge in [-0.2, -0.15) is 5.10 Å². The molecule has 0 unspecified atom stereocenters. The second-order valence-corrected chi connectivity index (χ2v) is 4.78. The number of carbonyl (C=O) groups excluding carboxylic acids is 1. The van der Waals surface area contributed by atoms with E-state index in [9.17, 15) is 4.79 Å². The average molecular weight is 281 g/mol. The molecule has 0 aliphatic carbocycles. The molecule has 3 aromatic rings. The molecule has 5 heteroatoms. The van der Waals surface area contributed by atoms with Crippen molar-refractivity contribution in [1.29, 1.82) is 0 Å². The van der Waals surface area contributed by atoms with Crippen molar-refractivity contribution in [2.75, 3.05) is 12.4 Å². The smallest absolute Gasteiger partial charge is 0.276 e. The van der Waals surface area contributed by atoms with Crippen molar-refractivity contribution in [3.63, 3.8) is 0 Å². The number of carbonyl (C=O) groups is 1. The number of aromatic nitrogens is 2. The highest BCUT2D eigenvalue weighted by Gasteiger charge is 2.15. The zero-order valence-corrected chi connectivity index (χ0v) is 11.8. The molecule has 0 fully saturated rings. The van der Waals surface area contributed by atoms with Gasteiger partial charge in [-0.3, -0.25) is 9.89 Å². The maximum absolute atomic E-state index is 12.4. The molecule has 2 N–H and O–H groups in total. The molecule has 0 saturated heterocycles. The lowest BCUT2D eigenvalue weighted by Crippen LogP contribution is -2.13. The van der Waals surface area contributed by atoms with Crippen LogP contribution in [-0.2, 0) is 0 Å². The van der Waals surface area contributed by atoms with Crippen LogP contribution in [-0.4, -0.2) is 23.2 Å². The molecular weight excluding hydrogens is 266 g/mol. The number of nitrogens with one attached hydrogen (secondary N) is 2. The number of aromatic amines is 1. The first-order chi connectivity index (χ1) is 10.2. The summed E-state index contributed by atoms with van der Waals surface area (Å²) < 4.78 is 5.23. The number of anilines is 1. The number of amides is 1. The Hall–Kier alpha value is -2.82. The number of fused-ring (bicyclic) bond motifs is 1. The topological polar surface area (TPSA) is 67.0 Å². The fourth-order valence-electron chi connectivity index (χ4n) is 2.23. The fourth-order valence-corrected chi connectivity index (χ4v) is 2.23. The van der Waals surface area contributed by atoms with Crippen LogP contribution >= 0.6 is 0 Å². The van der Waals surface area contributed by atoms with Crippen molar-refractivity contribution in [2.24, 2.45) is 0 Å². The van der Waals surface area contributed by atoms with E-state index in [1.54, 1.807) is 19.2 Å². The SMILES string of the molecule is COc1ccccc1NC(=O)c1n[nH]c2ccc(C)cc12. The van der Waals surface area contributed by atoms with Crippen LogP contribution in [0.25, 0.3) is 10.9 Å². The van der Waals surface area contributed by atoms with E-state index < -0.39 is 0 Å². The van der Waals surface area contributed by atoms with Crippen LogP contribution in [0.3, 0.4) is 0 Å². The first-order valence-electron chi connectivity index (χ1n) is 6.58. The molecule has 0 radical (unpaired) electrons. The quantitative estimate of drug-likeness (QED) is 0.775. The number of benzene rings is 2. The highest BCUT2D eigenvalue weighted by atomic mass is 16.5. The van der Waals surface area contributed by atoms with Crippen molar-refractivity contribution in [3.05, 3.63) is 53.7 Å². The number of methoxy groups -OCH3 is 1. The minimum atomic E-state index is -0.267. The third-order valence-electron chi connectivity index (χ3n) is 3.29. The van der Waals surface area contributed by atoms with Gasteiger partial charge in [0.25, 0.3) is 5.91 Å². The number of aryl methyl sites for hydroxylation is 1. The van der Waals surface area contributed by atoms with Crippen molar-refractivity contribution in [3.8, 4) is 5.75 Å². The van der Waals surface area contributed by atoms with Crippen LogP contribution in [0.5, 0.6) is 5.75 Å². The Labute approximate surface area is 121 Å². The van der Waals surface area contributed by atoms with Crippen molar-refractivity contribution in [1.82, 2.24) is 10.2 Å². The number of para-hydroxylation sites is 2. The van der Waals surface area contributed by atoms with Gasteiger partial charge < -0.3 is 10.1 Å². The molecule has 0 bridgehead atoms. The molecule has 0 aliphatic heterocycles. The second kappa shape index (κ2) is 5.28. The summed E-state index contributed by atoms with van der Waals surface area (Å²) in [5, 5.41) is 10.6. The van der Waals surface area contributed by atoms with Gasteiger partial charge in [0.2, 0.25) is 0 Å². The van der Waals surface area contributed by atoms with Crippen LogP contribution in [0.1, 0.15) is 16.1 Å². The molecule has 2 aromatic carbocycles. The Morgan fingerprint density at radius 3 is 2.86 bits per heavy atom. The van der Waals surface area contributed by atoms with Gasteiger partial charge in [-0.05, 0) is 31.2 Å². The van der Waals surface area contributed by atoms with Gasteiger partial charge in [-0.25, -0.2) is 0 Å². The maximum Gasteiger partial charge on any atom is 0.276 e. The summed E-state index contributed by atoms with van der Waals surface area (Å²) in [5.41, 5.74) is 2.91. The summed E-state index contributed by atoms with van der Waals surface area (Å²) in [6.07, 6.45) is 0. The van der Waals surface area contributed by atoms with Gasteiger partial charge in [0.15, 0.2) is 5.69 Å². The molecule has 5 nitrogen and oxygen atoms in total. The number of hydrogen-bond donors (Lipinski definition) is 2. The molecule has 0 atom stereocenters. The van der Waals surface area contributed by atoms with Gasteiger partial charge in [-0.15, -0.1) is 0 Å². The fraction of sp³-hybridized carbons (Fsp3) is 0.125. The van der Waals surface area contributed by atoms with Crippen molar-refractivity contribution < 1.29 is 9.53 Å². The first kappa shape index (κ1) is 13.2. The van der Waals surface area contributed by atoms with E-state index in [-0.39, 0.29) is 5.91 Å². The summed E-state index contributed by atoms with van der Waals surface area (Å²) in [6.45, 7) is 1.98. The van der Waals surface area contributed by atoms with E-state index in [0.717, 1.165) is 16.5 Å². The van der Waals surface area contributed by atoms with E-state index in [2.05, 4.69) is 15.5 Å². The monoisotopic (exact) mass is 281 g/mol. The summed E-state index contributed by atoms with van der Waals surface area (Å²) in [7, 11) is 1.57. The number of hydrogen-bond acceptors (Lipinski definition) is 3. The van der Waals surface area contributed by atoms with Crippen LogP contribution in [0.15, 0.2) is 42.5 Å². The van der Waals surface area contributed by atoms with Crippen LogP contribution in [0.2, 0.25) is 0 Å². The van der Waals surface area contributed by atoms with Gasteiger partial charge in [-0.1, -0.05) is 23.8 Å². The Morgan fingerprint density at radius 2 is 2.05 bits per heavy atom. The van der Waals surface area contributed by atoms with Crippen LogP contribution in [0, 0.1) is 6.92 Å². The lowest BCUT2D eigenvalue weighted by molar-refractivity contribution is 0.102. The lowest BCUT2D eigenvalue weighted by atomic mass is 10.1. The molecule has 1 amide bonds. The molecule has 1 aromatic heterocycles. The lowest BCUT2D eigenvalue weighted by Gasteiger charge is -2.08. The van der Waals surface area contributed by atoms with Crippen LogP contribution in [0.4, 0.5) is 5.69 Å². The average Bonchev–Trinajstić information content (AvgIpc) is 2.90. The molecular formula is C16H15N3O2. The van der Waals surface area contributed by atoms with E-state index >= 15 is 0 Å². The molecule has 3 rings (SSSR count). The largest absolute Gasteiger partial charge is 0.495 e. The van der Waals surface area contributed by atoms with E-state index in [1.165, 1.54) is 0 Å². The minimum Gasteiger partial charge on any atom is -0.495 e. The summed E-state index contributed by atoms with van der Waals surface area (Å²) in [6, 6.07) is 13.1. The minimum absolute atomic E-state index is 0.267. The molecule has 106 valence electrons. The summed E-state index contributed by atoms with van der Waals surface area (Å²) >= 11 is 0. The van der Waals surface area contributed by atoms with Gasteiger partial charge in [0.1, 0.15) is 5.75 Å². The summed E-state index contributed by atoms with van der Waals surface area (Å²) in [5.74, 6) is 0.346. The Balaban J connectivity index is 1.96. The van der Waals surface area contributed by atoms with Gasteiger partial charge in [0, 0.05) is 5.39 Å². The third-order valence-corrected chi connectivity index (χ3v) is 3.29. The van der Waals surface area contributed by atoms with E-state index in [0.29, 0.717) is 17.1 Å².